The highest BCUT2D eigenvalue weighted by molar-refractivity contribution is 6.60. The molecule has 1 aromatic heterocycles. The number of benzene rings is 1. The number of nitrogens with zero attached hydrogens (tertiary/aromatic N) is 3. The van der Waals surface area contributed by atoms with Gasteiger partial charge in [0.25, 0.3) is 5.92 Å². The lowest BCUT2D eigenvalue weighted by molar-refractivity contribution is -0.127. The maximum Gasteiger partial charge on any atom is 0.423 e. The fourth-order valence-electron chi connectivity index (χ4n) is 3.94. The second-order valence-electron chi connectivity index (χ2n) is 8.07. The predicted molar refractivity (Wildman–Crippen MR) is 123 cm³/mol. The maximum atomic E-state index is 13.9. The van der Waals surface area contributed by atoms with Crippen LogP contribution in [0.5, 0.6) is 0 Å². The van der Waals surface area contributed by atoms with E-state index in [0.29, 0.717) is 43.8 Å². The third kappa shape index (κ3) is 4.15. The fourth-order valence-corrected chi connectivity index (χ4v) is 4.48. The number of morpholine rings is 1. The minimum Gasteiger partial charge on any atom is -0.378 e. The molecule has 0 unspecified atom stereocenters. The normalized spacial score (nSPS) is 17.2. The first kappa shape index (κ1) is 22.8. The van der Waals surface area contributed by atoms with Crippen LogP contribution in [0, 0.1) is 6.92 Å². The molecule has 0 bridgehead atoms. The molecular formula is C23H22Cl2F2N3O2+. The zero-order valence-electron chi connectivity index (χ0n) is 17.9. The van der Waals surface area contributed by atoms with E-state index in [0.717, 1.165) is 23.6 Å². The summed E-state index contributed by atoms with van der Waals surface area (Å²) in [5.41, 5.74) is 2.82. The van der Waals surface area contributed by atoms with Gasteiger partial charge in [-0.3, -0.25) is 4.79 Å². The zero-order chi connectivity index (χ0) is 23.2. The van der Waals surface area contributed by atoms with Crippen LogP contribution in [-0.4, -0.2) is 53.3 Å². The number of aryl methyl sites for hydroxylation is 2. The summed E-state index contributed by atoms with van der Waals surface area (Å²) in [5, 5.41) is 1.26. The van der Waals surface area contributed by atoms with E-state index in [4.69, 9.17) is 27.9 Å². The van der Waals surface area contributed by atoms with Crippen LogP contribution in [0.1, 0.15) is 23.7 Å². The summed E-state index contributed by atoms with van der Waals surface area (Å²) >= 11 is 12.9. The molecule has 2 aromatic rings. The molecule has 168 valence electrons. The van der Waals surface area contributed by atoms with Gasteiger partial charge >= 0.3 is 17.5 Å². The number of allylic oxidation sites excluding steroid dienone is 2. The van der Waals surface area contributed by atoms with E-state index in [2.05, 4.69) is 10.5 Å². The Morgan fingerprint density at radius 3 is 2.59 bits per heavy atom. The molecule has 2 aliphatic rings. The Bertz CT molecular complexity index is 1250. The van der Waals surface area contributed by atoms with Crippen molar-refractivity contribution in [3.63, 3.8) is 0 Å². The molecule has 5 nitrogen and oxygen atoms in total. The third-order valence-electron chi connectivity index (χ3n) is 5.84. The monoisotopic (exact) mass is 480 g/mol. The van der Waals surface area contributed by atoms with Crippen LogP contribution < -0.4 is 4.67 Å². The van der Waals surface area contributed by atoms with E-state index in [1.54, 1.807) is 18.9 Å². The van der Waals surface area contributed by atoms with E-state index in [9.17, 15) is 13.6 Å². The van der Waals surface area contributed by atoms with Crippen molar-refractivity contribution in [3.05, 3.63) is 50.7 Å². The lowest BCUT2D eigenvalue weighted by atomic mass is 10.0. The van der Waals surface area contributed by atoms with Gasteiger partial charge in [-0.15, -0.1) is 0 Å². The van der Waals surface area contributed by atoms with Crippen molar-refractivity contribution in [2.45, 2.75) is 26.2 Å². The van der Waals surface area contributed by atoms with Crippen molar-refractivity contribution in [1.29, 1.82) is 0 Å². The second kappa shape index (κ2) is 8.51. The molecule has 0 N–H and O–H groups in total. The molecule has 0 aliphatic carbocycles. The lowest BCUT2D eigenvalue weighted by Crippen LogP contribution is -2.45. The minimum absolute atomic E-state index is 0.0399. The number of alkyl halides is 2. The standard InChI is InChI=1S/C23H22Cl2F2N3O2/c1-13-8-14(23(2,26)27)9-19-16(13)10-15(29(19)3)11-17-18(24)12-28-21(20(17)25)22(31)30-4-6-32-7-5-30/h8-10H,4-7,11H2,1-3H3/q+1. The SMILES string of the molecule is Cc1cc(C(C)(F)F)cc2c1cc(CC1=C(Cl)C(C(=O)N3CCOCC3)=[N+]=C=C1Cl)n2C. The molecular weight excluding hydrogens is 459 g/mol. The number of hydrogen-bond donors (Lipinski definition) is 0. The Hall–Kier alpha value is -2.40. The van der Waals surface area contributed by atoms with Gasteiger partial charge in [0.1, 0.15) is 5.03 Å². The van der Waals surface area contributed by atoms with Gasteiger partial charge in [-0.05, 0) is 35.4 Å². The number of rotatable bonds is 4. The minimum atomic E-state index is -2.94. The molecule has 0 spiro atoms. The van der Waals surface area contributed by atoms with Gasteiger partial charge in [-0.2, -0.15) is 0 Å². The fraction of sp³-hybridized carbons (Fsp3) is 0.391. The number of carbonyl (C=O) groups excluding carboxylic acids is 1. The summed E-state index contributed by atoms with van der Waals surface area (Å²) < 4.78 is 39.1. The molecule has 2 aliphatic heterocycles. The first-order valence-electron chi connectivity index (χ1n) is 10.2. The van der Waals surface area contributed by atoms with Crippen LogP contribution in [-0.2, 0) is 28.9 Å². The highest BCUT2D eigenvalue weighted by Gasteiger charge is 2.37. The Morgan fingerprint density at radius 1 is 1.25 bits per heavy atom. The van der Waals surface area contributed by atoms with Crippen molar-refractivity contribution in [2.75, 3.05) is 26.3 Å². The molecule has 1 saturated heterocycles. The van der Waals surface area contributed by atoms with Crippen LogP contribution in [0.4, 0.5) is 8.78 Å². The smallest absolute Gasteiger partial charge is 0.378 e. The Labute approximate surface area is 194 Å². The molecule has 0 radical (unpaired) electrons. The molecule has 3 heterocycles. The highest BCUT2D eigenvalue weighted by Crippen LogP contribution is 2.34. The number of carbonyl (C=O) groups is 1. The van der Waals surface area contributed by atoms with E-state index < -0.39 is 5.92 Å². The van der Waals surface area contributed by atoms with Crippen molar-refractivity contribution in [1.82, 2.24) is 14.1 Å². The largest absolute Gasteiger partial charge is 0.423 e. The summed E-state index contributed by atoms with van der Waals surface area (Å²) in [6.07, 6.45) is 0.294. The van der Waals surface area contributed by atoms with E-state index >= 15 is 0 Å². The molecule has 1 amide bonds. The van der Waals surface area contributed by atoms with Crippen LogP contribution in [0.3, 0.4) is 0 Å². The number of amides is 1. The lowest BCUT2D eigenvalue weighted by Gasteiger charge is -2.25. The number of aromatic nitrogens is 1. The second-order valence-corrected chi connectivity index (χ2v) is 8.83. The molecule has 32 heavy (non-hydrogen) atoms. The Kier molecular flexibility index (Phi) is 6.06. The van der Waals surface area contributed by atoms with Gasteiger partial charge in [0.2, 0.25) is 0 Å². The van der Waals surface area contributed by atoms with Gasteiger partial charge in [0.05, 0.1) is 13.2 Å². The van der Waals surface area contributed by atoms with Gasteiger partial charge < -0.3 is 14.2 Å². The highest BCUT2D eigenvalue weighted by atomic mass is 35.5. The van der Waals surface area contributed by atoms with Crippen LogP contribution in [0.15, 0.2) is 33.8 Å². The van der Waals surface area contributed by atoms with Crippen LogP contribution in [0.25, 0.3) is 10.9 Å². The molecule has 0 atom stereocenters. The van der Waals surface area contributed by atoms with Gasteiger partial charge in [-0.1, -0.05) is 23.2 Å². The predicted octanol–water partition coefficient (Wildman–Crippen LogP) is 3.81. The quantitative estimate of drug-likeness (QED) is 0.624. The van der Waals surface area contributed by atoms with Crippen LogP contribution >= 0.6 is 23.2 Å². The van der Waals surface area contributed by atoms with E-state index in [-0.39, 0.29) is 27.2 Å². The summed E-state index contributed by atoms with van der Waals surface area (Å²) in [6, 6.07) is 4.94. The van der Waals surface area contributed by atoms with Gasteiger partial charge in [-0.25, -0.2) is 8.78 Å². The first-order chi connectivity index (χ1) is 15.1. The number of hydrogen-bond acceptors (Lipinski definition) is 2. The molecule has 4 rings (SSSR count). The number of fused-ring (bicyclic) bond motifs is 1. The van der Waals surface area contributed by atoms with Crippen molar-refractivity contribution in [3.8, 4) is 0 Å². The zero-order valence-corrected chi connectivity index (χ0v) is 19.4. The molecule has 9 heteroatoms. The summed E-state index contributed by atoms with van der Waals surface area (Å²) in [6.45, 7) is 4.53. The van der Waals surface area contributed by atoms with Crippen LogP contribution in [0.2, 0.25) is 0 Å². The van der Waals surface area contributed by atoms with Gasteiger partial charge in [0.15, 0.2) is 5.03 Å². The summed E-state index contributed by atoms with van der Waals surface area (Å²) in [7, 11) is 1.81. The maximum absolute atomic E-state index is 13.9. The van der Waals surface area contributed by atoms with Crippen molar-refractivity contribution in [2.24, 2.45) is 7.05 Å². The van der Waals surface area contributed by atoms with Gasteiger partial charge in [0, 0.05) is 61.2 Å². The topological polar surface area (TPSA) is 48.6 Å². The summed E-state index contributed by atoms with van der Waals surface area (Å²) in [5.74, 6) is -0.549. The first-order valence-corrected chi connectivity index (χ1v) is 10.9. The third-order valence-corrected chi connectivity index (χ3v) is 6.56. The van der Waals surface area contributed by atoms with E-state index in [1.165, 1.54) is 12.1 Å². The van der Waals surface area contributed by atoms with Crippen molar-refractivity contribution >= 4 is 51.6 Å². The molecule has 1 fully saturated rings. The number of ether oxygens (including phenoxy) is 1. The van der Waals surface area contributed by atoms with Crippen molar-refractivity contribution < 1.29 is 18.3 Å². The average molecular weight is 481 g/mol. The number of halogens is 4. The molecule has 1 aromatic carbocycles. The Balaban J connectivity index is 1.71. The average Bonchev–Trinajstić information content (AvgIpc) is 3.07. The Morgan fingerprint density at radius 2 is 1.94 bits per heavy atom. The summed E-state index contributed by atoms with van der Waals surface area (Å²) in [4.78, 5) is 14.5. The molecule has 0 saturated carbocycles. The van der Waals surface area contributed by atoms with E-state index in [1.807, 2.05) is 10.6 Å².